The average molecular weight is 502 g/mol. The molecule has 1 N–H and O–H groups in total. The Labute approximate surface area is 203 Å². The Morgan fingerprint density at radius 1 is 0.943 bits per heavy atom. The third kappa shape index (κ3) is 5.25. The number of benzene rings is 3. The van der Waals surface area contributed by atoms with Crippen LogP contribution in [0.3, 0.4) is 0 Å². The van der Waals surface area contributed by atoms with E-state index in [1.807, 2.05) is 0 Å². The monoisotopic (exact) mass is 501 g/mol. The molecule has 0 bridgehead atoms. The molecule has 0 aliphatic carbocycles. The molecule has 0 aliphatic heterocycles. The summed E-state index contributed by atoms with van der Waals surface area (Å²) in [5.41, 5.74) is 0.606. The Morgan fingerprint density at radius 2 is 1.57 bits per heavy atom. The molecule has 0 aliphatic rings. The van der Waals surface area contributed by atoms with Crippen LogP contribution in [-0.2, 0) is 6.18 Å². The van der Waals surface area contributed by atoms with Crippen molar-refractivity contribution >= 4 is 23.2 Å². The second-order valence-electron chi connectivity index (χ2n) is 7.41. The molecule has 0 saturated heterocycles. The van der Waals surface area contributed by atoms with E-state index in [2.05, 4.69) is 10.4 Å². The van der Waals surface area contributed by atoms with Crippen molar-refractivity contribution in [1.82, 2.24) is 9.78 Å². The number of hydrogen-bond acceptors (Lipinski definition) is 4. The fourth-order valence-corrected chi connectivity index (χ4v) is 3.62. The number of carbonyl (C=O) groups is 1. The highest BCUT2D eigenvalue weighted by atomic mass is 35.5. The Balaban J connectivity index is 1.66. The molecule has 0 radical (unpaired) electrons. The van der Waals surface area contributed by atoms with Gasteiger partial charge in [-0.05, 0) is 30.3 Å². The second kappa shape index (κ2) is 9.71. The maximum absolute atomic E-state index is 13.4. The summed E-state index contributed by atoms with van der Waals surface area (Å²) in [7, 11) is 2.99. The molecule has 0 spiro atoms. The molecule has 1 amide bonds. The van der Waals surface area contributed by atoms with E-state index in [1.165, 1.54) is 26.4 Å². The summed E-state index contributed by atoms with van der Waals surface area (Å²) in [5, 5.41) is 6.74. The van der Waals surface area contributed by atoms with Crippen molar-refractivity contribution in [1.29, 1.82) is 0 Å². The van der Waals surface area contributed by atoms with Gasteiger partial charge in [-0.1, -0.05) is 35.9 Å². The maximum atomic E-state index is 13.4. The number of nitrogens with zero attached hydrogens (tertiary/aromatic N) is 2. The fourth-order valence-electron chi connectivity index (χ4n) is 3.41. The topological polar surface area (TPSA) is 65.4 Å². The van der Waals surface area contributed by atoms with E-state index in [1.54, 1.807) is 54.6 Å². The number of anilines is 1. The first-order chi connectivity index (χ1) is 16.7. The molecule has 1 aromatic heterocycles. The molecule has 180 valence electrons. The number of amides is 1. The van der Waals surface area contributed by atoms with Gasteiger partial charge in [-0.3, -0.25) is 4.79 Å². The normalized spacial score (nSPS) is 11.3. The predicted molar refractivity (Wildman–Crippen MR) is 127 cm³/mol. The van der Waals surface area contributed by atoms with Crippen molar-refractivity contribution in [3.63, 3.8) is 0 Å². The maximum Gasteiger partial charge on any atom is 0.435 e. The van der Waals surface area contributed by atoms with E-state index < -0.39 is 17.8 Å². The van der Waals surface area contributed by atoms with E-state index in [4.69, 9.17) is 21.1 Å². The highest BCUT2D eigenvalue weighted by Gasteiger charge is 2.35. The van der Waals surface area contributed by atoms with E-state index in [-0.39, 0.29) is 10.7 Å². The summed E-state index contributed by atoms with van der Waals surface area (Å²) in [6, 6.07) is 18.5. The van der Waals surface area contributed by atoms with Crippen molar-refractivity contribution in [2.45, 2.75) is 6.18 Å². The highest BCUT2D eigenvalue weighted by molar-refractivity contribution is 6.32. The van der Waals surface area contributed by atoms with E-state index >= 15 is 0 Å². The SMILES string of the molecule is COc1cc(NC(=O)c2ccc(-c3cc(C(F)(F)F)nn3-c3ccccc3Cl)cc2)cc(OC)c1. The third-order valence-electron chi connectivity index (χ3n) is 5.13. The number of carbonyl (C=O) groups excluding carboxylic acids is 1. The van der Waals surface area contributed by atoms with Gasteiger partial charge in [0.05, 0.1) is 30.6 Å². The quantitative estimate of drug-likeness (QED) is 0.328. The van der Waals surface area contributed by atoms with Crippen molar-refractivity contribution in [3.8, 4) is 28.4 Å². The van der Waals surface area contributed by atoms with Gasteiger partial charge in [0.25, 0.3) is 5.91 Å². The van der Waals surface area contributed by atoms with Crippen LogP contribution in [0.2, 0.25) is 5.02 Å². The fraction of sp³-hybridized carbons (Fsp3) is 0.120. The molecule has 0 fully saturated rings. The number of rotatable bonds is 6. The van der Waals surface area contributed by atoms with Crippen LogP contribution < -0.4 is 14.8 Å². The molecule has 10 heteroatoms. The first-order valence-corrected chi connectivity index (χ1v) is 10.6. The Morgan fingerprint density at radius 3 is 2.14 bits per heavy atom. The number of para-hydroxylation sites is 1. The van der Waals surface area contributed by atoms with Crippen LogP contribution in [0.5, 0.6) is 11.5 Å². The largest absolute Gasteiger partial charge is 0.497 e. The van der Waals surface area contributed by atoms with Gasteiger partial charge in [-0.15, -0.1) is 0 Å². The molecular weight excluding hydrogens is 483 g/mol. The molecule has 0 saturated carbocycles. The molecule has 3 aromatic carbocycles. The van der Waals surface area contributed by atoms with Gasteiger partial charge in [0.2, 0.25) is 0 Å². The summed E-state index contributed by atoms with van der Waals surface area (Å²) in [4.78, 5) is 12.8. The number of aromatic nitrogens is 2. The van der Waals surface area contributed by atoms with E-state index in [0.717, 1.165) is 10.7 Å². The first kappa shape index (κ1) is 24.2. The highest BCUT2D eigenvalue weighted by Crippen LogP contribution is 2.35. The van der Waals surface area contributed by atoms with Crippen LogP contribution in [-0.4, -0.2) is 29.9 Å². The Kier molecular flexibility index (Phi) is 6.70. The van der Waals surface area contributed by atoms with Gasteiger partial charge < -0.3 is 14.8 Å². The van der Waals surface area contributed by atoms with Crippen molar-refractivity contribution in [2.24, 2.45) is 0 Å². The Bertz CT molecular complexity index is 1350. The first-order valence-electron chi connectivity index (χ1n) is 10.3. The van der Waals surface area contributed by atoms with Crippen LogP contribution in [0.25, 0.3) is 16.9 Å². The van der Waals surface area contributed by atoms with Crippen molar-refractivity contribution in [2.75, 3.05) is 19.5 Å². The van der Waals surface area contributed by atoms with Crippen molar-refractivity contribution < 1.29 is 27.4 Å². The summed E-state index contributed by atoms with van der Waals surface area (Å²) >= 11 is 6.22. The van der Waals surface area contributed by atoms with Crippen LogP contribution in [0.15, 0.2) is 72.8 Å². The average Bonchev–Trinajstić information content (AvgIpc) is 3.30. The van der Waals surface area contributed by atoms with Crippen LogP contribution in [0.4, 0.5) is 18.9 Å². The molecule has 6 nitrogen and oxygen atoms in total. The summed E-state index contributed by atoms with van der Waals surface area (Å²) in [5.74, 6) is 0.592. The molecule has 0 unspecified atom stereocenters. The number of ether oxygens (including phenoxy) is 2. The van der Waals surface area contributed by atoms with Crippen LogP contribution in [0.1, 0.15) is 16.1 Å². The van der Waals surface area contributed by atoms with Crippen LogP contribution >= 0.6 is 11.6 Å². The molecule has 4 aromatic rings. The minimum absolute atomic E-state index is 0.176. The number of methoxy groups -OCH3 is 2. The lowest BCUT2D eigenvalue weighted by atomic mass is 10.1. The van der Waals surface area contributed by atoms with E-state index in [9.17, 15) is 18.0 Å². The smallest absolute Gasteiger partial charge is 0.435 e. The molecular formula is C25H19ClF3N3O3. The number of nitrogens with one attached hydrogen (secondary N) is 1. The second-order valence-corrected chi connectivity index (χ2v) is 7.82. The lowest BCUT2D eigenvalue weighted by Gasteiger charge is -2.11. The molecule has 1 heterocycles. The molecule has 35 heavy (non-hydrogen) atoms. The standard InChI is InChI=1S/C25H19ClF3N3O3/c1-34-18-11-17(12-19(13-18)35-2)30-24(33)16-9-7-15(8-10-16)22-14-23(25(27,28)29)31-32(22)21-6-4-3-5-20(21)26/h3-14H,1-2H3,(H,30,33). The van der Waals surface area contributed by atoms with Gasteiger partial charge in [0, 0.05) is 35.0 Å². The van der Waals surface area contributed by atoms with Gasteiger partial charge in [0.15, 0.2) is 5.69 Å². The predicted octanol–water partition coefficient (Wildman–Crippen LogP) is 6.48. The summed E-state index contributed by atoms with van der Waals surface area (Å²) < 4.78 is 51.8. The van der Waals surface area contributed by atoms with Gasteiger partial charge in [0.1, 0.15) is 11.5 Å². The van der Waals surface area contributed by atoms with Gasteiger partial charge in [-0.25, -0.2) is 4.68 Å². The summed E-state index contributed by atoms with van der Waals surface area (Å²) in [6.07, 6.45) is -4.64. The number of hydrogen-bond donors (Lipinski definition) is 1. The minimum atomic E-state index is -4.64. The van der Waals surface area contributed by atoms with Gasteiger partial charge >= 0.3 is 6.18 Å². The van der Waals surface area contributed by atoms with Crippen LogP contribution in [0, 0.1) is 0 Å². The zero-order valence-corrected chi connectivity index (χ0v) is 19.3. The summed E-state index contributed by atoms with van der Waals surface area (Å²) in [6.45, 7) is 0. The zero-order valence-electron chi connectivity index (χ0n) is 18.6. The number of halogens is 4. The zero-order chi connectivity index (χ0) is 25.2. The minimum Gasteiger partial charge on any atom is -0.497 e. The Hall–Kier alpha value is -3.98. The van der Waals surface area contributed by atoms with E-state index in [0.29, 0.717) is 34.0 Å². The van der Waals surface area contributed by atoms with Gasteiger partial charge in [-0.2, -0.15) is 18.3 Å². The lowest BCUT2D eigenvalue weighted by Crippen LogP contribution is -2.12. The van der Waals surface area contributed by atoms with Crippen molar-refractivity contribution in [3.05, 3.63) is 89.1 Å². The third-order valence-corrected chi connectivity index (χ3v) is 5.45. The molecule has 4 rings (SSSR count). The lowest BCUT2D eigenvalue weighted by molar-refractivity contribution is -0.141. The molecule has 0 atom stereocenters. The number of alkyl halides is 3.